The van der Waals surface area contributed by atoms with Crippen molar-refractivity contribution in [1.29, 1.82) is 5.41 Å². The van der Waals surface area contributed by atoms with Crippen molar-refractivity contribution in [2.45, 2.75) is 6.92 Å². The number of aromatic nitrogens is 3. The van der Waals surface area contributed by atoms with Gasteiger partial charge in [-0.1, -0.05) is 23.2 Å². The summed E-state index contributed by atoms with van der Waals surface area (Å²) < 4.78 is 5.78. The van der Waals surface area contributed by atoms with Crippen LogP contribution < -0.4 is 14.5 Å². The maximum Gasteiger partial charge on any atom is 0.235 e. The predicted octanol–water partition coefficient (Wildman–Crippen LogP) is 4.54. The van der Waals surface area contributed by atoms with Gasteiger partial charge in [-0.25, -0.2) is 4.98 Å². The van der Waals surface area contributed by atoms with Gasteiger partial charge in [0, 0.05) is 36.7 Å². The third-order valence-electron chi connectivity index (χ3n) is 4.19. The zero-order valence-electron chi connectivity index (χ0n) is 14.9. The lowest BCUT2D eigenvalue weighted by Crippen LogP contribution is -2.33. The highest BCUT2D eigenvalue weighted by molar-refractivity contribution is 6.42. The first kappa shape index (κ1) is 18.5. The lowest BCUT2D eigenvalue weighted by atomic mass is 10.3. The molecule has 0 saturated carbocycles. The third kappa shape index (κ3) is 3.72. The van der Waals surface area contributed by atoms with E-state index >= 15 is 0 Å². The molecule has 0 bridgehead atoms. The minimum absolute atomic E-state index is 0.260. The Labute approximate surface area is 172 Å². The van der Waals surface area contributed by atoms with E-state index in [-0.39, 0.29) is 5.96 Å². The fraction of sp³-hybridized carbons (Fsp3) is 0.158. The van der Waals surface area contributed by atoms with Crippen molar-refractivity contribution in [2.24, 2.45) is 0 Å². The highest BCUT2D eigenvalue weighted by Gasteiger charge is 2.30. The summed E-state index contributed by atoms with van der Waals surface area (Å²) in [5.41, 5.74) is 1.53. The number of ether oxygens (including phenoxy) is 1. The molecule has 1 aliphatic heterocycles. The molecule has 2 aromatic heterocycles. The number of aryl methyl sites for hydroxylation is 1. The average Bonchev–Trinajstić information content (AvgIpc) is 3.06. The van der Waals surface area contributed by atoms with Crippen LogP contribution >= 0.6 is 23.2 Å². The molecule has 1 fully saturated rings. The first-order valence-electron chi connectivity index (χ1n) is 8.53. The molecule has 28 heavy (non-hydrogen) atoms. The molecule has 3 heterocycles. The molecular weight excluding hydrogens is 399 g/mol. The summed E-state index contributed by atoms with van der Waals surface area (Å²) in [5, 5.41) is 9.50. The summed E-state index contributed by atoms with van der Waals surface area (Å²) >= 11 is 12.1. The summed E-state index contributed by atoms with van der Waals surface area (Å²) in [6, 6.07) is 10.6. The van der Waals surface area contributed by atoms with Crippen LogP contribution in [0.3, 0.4) is 0 Å². The van der Waals surface area contributed by atoms with E-state index in [0.29, 0.717) is 40.7 Å². The molecule has 0 radical (unpaired) electrons. The predicted molar refractivity (Wildman–Crippen MR) is 110 cm³/mol. The van der Waals surface area contributed by atoms with Gasteiger partial charge in [0.2, 0.25) is 17.8 Å². The Hall–Kier alpha value is -2.90. The lowest BCUT2D eigenvalue weighted by molar-refractivity contribution is 0.459. The van der Waals surface area contributed by atoms with E-state index in [2.05, 4.69) is 15.0 Å². The maximum atomic E-state index is 8.57. The third-order valence-corrected chi connectivity index (χ3v) is 4.93. The molecule has 1 aliphatic rings. The van der Waals surface area contributed by atoms with E-state index in [1.807, 2.05) is 17.9 Å². The van der Waals surface area contributed by atoms with E-state index < -0.39 is 0 Å². The number of benzene rings is 1. The molecule has 7 nitrogen and oxygen atoms in total. The van der Waals surface area contributed by atoms with E-state index in [9.17, 15) is 0 Å². The second-order valence-corrected chi connectivity index (χ2v) is 6.98. The van der Waals surface area contributed by atoms with Gasteiger partial charge >= 0.3 is 0 Å². The second-order valence-electron chi connectivity index (χ2n) is 6.16. The van der Waals surface area contributed by atoms with E-state index in [0.717, 1.165) is 11.4 Å². The van der Waals surface area contributed by atoms with Gasteiger partial charge in [0.05, 0.1) is 16.2 Å². The van der Waals surface area contributed by atoms with Crippen LogP contribution in [-0.2, 0) is 0 Å². The highest BCUT2D eigenvalue weighted by atomic mass is 35.5. The van der Waals surface area contributed by atoms with Gasteiger partial charge in [-0.2, -0.15) is 4.98 Å². The van der Waals surface area contributed by atoms with E-state index in [1.165, 1.54) is 0 Å². The van der Waals surface area contributed by atoms with Gasteiger partial charge in [-0.15, -0.1) is 0 Å². The summed E-state index contributed by atoms with van der Waals surface area (Å²) in [6.45, 7) is 3.03. The normalized spacial score (nSPS) is 13.9. The number of hydrogen-bond acceptors (Lipinski definition) is 5. The van der Waals surface area contributed by atoms with Crippen molar-refractivity contribution < 1.29 is 4.74 Å². The monoisotopic (exact) mass is 414 g/mol. The van der Waals surface area contributed by atoms with Crippen molar-refractivity contribution in [3.8, 4) is 11.6 Å². The first-order chi connectivity index (χ1) is 13.5. The molecule has 0 spiro atoms. The molecule has 0 atom stereocenters. The van der Waals surface area contributed by atoms with Gasteiger partial charge in [-0.05, 0) is 37.3 Å². The number of guanidine groups is 1. The van der Waals surface area contributed by atoms with Gasteiger partial charge in [-0.3, -0.25) is 15.3 Å². The Morgan fingerprint density at radius 2 is 1.86 bits per heavy atom. The zero-order valence-corrected chi connectivity index (χ0v) is 16.4. The minimum Gasteiger partial charge on any atom is -0.437 e. The summed E-state index contributed by atoms with van der Waals surface area (Å²) in [6.07, 6.45) is 3.29. The van der Waals surface area contributed by atoms with Crippen LogP contribution in [0.2, 0.25) is 10.0 Å². The molecule has 4 rings (SSSR count). The van der Waals surface area contributed by atoms with Gasteiger partial charge in [0.25, 0.3) is 0 Å². The fourth-order valence-corrected chi connectivity index (χ4v) is 3.17. The molecule has 0 aliphatic carbocycles. The molecular formula is C19H16Cl2N6O. The molecule has 0 unspecified atom stereocenters. The Morgan fingerprint density at radius 3 is 2.61 bits per heavy atom. The molecule has 1 aromatic carbocycles. The van der Waals surface area contributed by atoms with Crippen molar-refractivity contribution >= 4 is 40.8 Å². The Kier molecular flexibility index (Phi) is 5.02. The van der Waals surface area contributed by atoms with Gasteiger partial charge in [0.15, 0.2) is 0 Å². The summed E-state index contributed by atoms with van der Waals surface area (Å²) in [5.74, 6) is 1.65. The fourth-order valence-electron chi connectivity index (χ4n) is 2.88. The van der Waals surface area contributed by atoms with E-state index in [4.69, 9.17) is 33.3 Å². The van der Waals surface area contributed by atoms with Crippen LogP contribution in [0.25, 0.3) is 0 Å². The van der Waals surface area contributed by atoms with Crippen molar-refractivity contribution in [3.63, 3.8) is 0 Å². The topological polar surface area (TPSA) is 78.2 Å². The number of hydrogen-bond donors (Lipinski definition) is 1. The van der Waals surface area contributed by atoms with Crippen molar-refractivity contribution in [1.82, 2.24) is 15.0 Å². The molecule has 3 aromatic rings. The SMILES string of the molecule is Cc1cc(Oc2cccnc2)nc(N2CCN(c3ccc(Cl)c(Cl)c3)C2=N)n1. The van der Waals surface area contributed by atoms with Gasteiger partial charge < -0.3 is 9.64 Å². The Bertz CT molecular complexity index is 1030. The molecule has 0 amide bonds. The second kappa shape index (κ2) is 7.61. The van der Waals surface area contributed by atoms with Crippen LogP contribution in [0.4, 0.5) is 11.6 Å². The smallest absolute Gasteiger partial charge is 0.235 e. The Balaban J connectivity index is 1.59. The highest BCUT2D eigenvalue weighted by Crippen LogP contribution is 2.30. The van der Waals surface area contributed by atoms with Crippen LogP contribution in [-0.4, -0.2) is 34.0 Å². The summed E-state index contributed by atoms with van der Waals surface area (Å²) in [7, 11) is 0. The van der Waals surface area contributed by atoms with Crippen LogP contribution in [0, 0.1) is 12.3 Å². The minimum atomic E-state index is 0.260. The molecule has 1 saturated heterocycles. The van der Waals surface area contributed by atoms with Crippen LogP contribution in [0.1, 0.15) is 5.69 Å². The number of pyridine rings is 1. The maximum absolute atomic E-state index is 8.57. The van der Waals surface area contributed by atoms with E-state index in [1.54, 1.807) is 47.6 Å². The van der Waals surface area contributed by atoms with Crippen molar-refractivity contribution in [3.05, 3.63) is 64.5 Å². The summed E-state index contributed by atoms with van der Waals surface area (Å²) in [4.78, 5) is 16.5. The molecule has 1 N–H and O–H groups in total. The van der Waals surface area contributed by atoms with Crippen LogP contribution in [0.15, 0.2) is 48.8 Å². The Morgan fingerprint density at radius 1 is 1.04 bits per heavy atom. The number of anilines is 2. The largest absolute Gasteiger partial charge is 0.437 e. The molecule has 9 heteroatoms. The molecule has 142 valence electrons. The quantitative estimate of drug-likeness (QED) is 0.674. The van der Waals surface area contributed by atoms with Gasteiger partial charge in [0.1, 0.15) is 5.75 Å². The number of nitrogens with one attached hydrogen (secondary N) is 1. The first-order valence-corrected chi connectivity index (χ1v) is 9.29. The standard InChI is InChI=1S/C19H16Cl2N6O/c1-12-9-17(28-14-3-2-6-23-11-14)25-19(24-12)27-8-7-26(18(27)22)13-4-5-15(20)16(21)10-13/h2-6,9-11,22H,7-8H2,1H3. The lowest BCUT2D eigenvalue weighted by Gasteiger charge is -2.21. The number of nitrogens with zero attached hydrogens (tertiary/aromatic N) is 5. The average molecular weight is 415 g/mol. The zero-order chi connectivity index (χ0) is 19.7. The van der Waals surface area contributed by atoms with Crippen molar-refractivity contribution in [2.75, 3.05) is 22.9 Å². The van der Waals surface area contributed by atoms with Crippen LogP contribution in [0.5, 0.6) is 11.6 Å². The number of rotatable bonds is 4. The number of halogens is 2.